The van der Waals surface area contributed by atoms with Crippen molar-refractivity contribution >= 4 is 17.9 Å². The van der Waals surface area contributed by atoms with Crippen LogP contribution in [-0.4, -0.2) is 37.2 Å². The van der Waals surface area contributed by atoms with E-state index in [1.165, 1.54) is 51.4 Å². The van der Waals surface area contributed by atoms with E-state index in [1.54, 1.807) is 0 Å². The van der Waals surface area contributed by atoms with E-state index in [4.69, 9.17) is 14.2 Å². The first-order chi connectivity index (χ1) is 31.5. The molecule has 0 aromatic rings. The number of hydrogen-bond acceptors (Lipinski definition) is 6. The molecule has 64 heavy (non-hydrogen) atoms. The van der Waals surface area contributed by atoms with Gasteiger partial charge in [-0.3, -0.25) is 14.4 Å². The van der Waals surface area contributed by atoms with Gasteiger partial charge in [0.05, 0.1) is 0 Å². The van der Waals surface area contributed by atoms with Gasteiger partial charge in [-0.1, -0.05) is 213 Å². The van der Waals surface area contributed by atoms with E-state index in [2.05, 4.69) is 81.5 Å². The minimum Gasteiger partial charge on any atom is -0.462 e. The molecule has 0 radical (unpaired) electrons. The molecule has 0 rings (SSSR count). The first kappa shape index (κ1) is 59.8. The average molecular weight is 885 g/mol. The third-order valence-corrected chi connectivity index (χ3v) is 10.3. The Balaban J connectivity index is 4.52. The van der Waals surface area contributed by atoms with Crippen molar-refractivity contribution in [3.63, 3.8) is 0 Å². The van der Waals surface area contributed by atoms with Gasteiger partial charge in [0, 0.05) is 19.3 Å². The Morgan fingerprint density at radius 3 is 1.14 bits per heavy atom. The summed E-state index contributed by atoms with van der Waals surface area (Å²) in [5, 5.41) is 0. The summed E-state index contributed by atoms with van der Waals surface area (Å²) in [4.78, 5) is 38.0. The van der Waals surface area contributed by atoms with Crippen LogP contribution in [0.3, 0.4) is 0 Å². The fourth-order valence-corrected chi connectivity index (χ4v) is 6.54. The summed E-state index contributed by atoms with van der Waals surface area (Å²) >= 11 is 0. The van der Waals surface area contributed by atoms with Crippen LogP contribution in [0, 0.1) is 0 Å². The van der Waals surface area contributed by atoms with Gasteiger partial charge in [0.1, 0.15) is 13.2 Å². The summed E-state index contributed by atoms with van der Waals surface area (Å²) in [7, 11) is 0. The maximum atomic E-state index is 12.8. The largest absolute Gasteiger partial charge is 0.462 e. The number of carbonyl (C=O) groups excluding carboxylic acids is 3. The topological polar surface area (TPSA) is 78.9 Å². The number of rotatable bonds is 44. The maximum absolute atomic E-state index is 12.8. The SMILES string of the molecule is CC\C=C/C=C\C=C/C=C\C=C\C=C/CCCCCC(=O)OCC(COC(=O)CCCCCCC/C=C\C/C=C\CC)OC(=O)CCCCCCCCC/C=C\C/C=C\CCCCC. The lowest BCUT2D eigenvalue weighted by atomic mass is 10.1. The predicted molar refractivity (Wildman–Crippen MR) is 274 cm³/mol. The number of unbranched alkanes of at least 4 members (excludes halogenated alkanes) is 18. The van der Waals surface area contributed by atoms with E-state index >= 15 is 0 Å². The zero-order chi connectivity index (χ0) is 46.5. The lowest BCUT2D eigenvalue weighted by molar-refractivity contribution is -0.167. The number of hydrogen-bond donors (Lipinski definition) is 0. The highest BCUT2D eigenvalue weighted by atomic mass is 16.6. The minimum absolute atomic E-state index is 0.107. The number of esters is 3. The van der Waals surface area contributed by atoms with Crippen molar-refractivity contribution < 1.29 is 28.6 Å². The zero-order valence-corrected chi connectivity index (χ0v) is 41.0. The first-order valence-corrected chi connectivity index (χ1v) is 25.6. The lowest BCUT2D eigenvalue weighted by Crippen LogP contribution is -2.30. The Hall–Kier alpha value is -4.19. The van der Waals surface area contributed by atoms with Crippen molar-refractivity contribution in [3.05, 3.63) is 122 Å². The van der Waals surface area contributed by atoms with Gasteiger partial charge in [0.25, 0.3) is 0 Å². The second-order valence-electron chi connectivity index (χ2n) is 16.5. The van der Waals surface area contributed by atoms with Gasteiger partial charge in [0.2, 0.25) is 0 Å². The molecule has 0 saturated carbocycles. The molecule has 0 N–H and O–H groups in total. The van der Waals surface area contributed by atoms with Crippen LogP contribution < -0.4 is 0 Å². The van der Waals surface area contributed by atoms with Crippen molar-refractivity contribution in [1.29, 1.82) is 0 Å². The van der Waals surface area contributed by atoms with E-state index < -0.39 is 6.10 Å². The van der Waals surface area contributed by atoms with Crippen LogP contribution in [0.2, 0.25) is 0 Å². The molecule has 0 fully saturated rings. The Labute approximate surface area is 392 Å². The first-order valence-electron chi connectivity index (χ1n) is 25.6. The molecule has 360 valence electrons. The van der Waals surface area contributed by atoms with Crippen LogP contribution in [-0.2, 0) is 28.6 Å². The monoisotopic (exact) mass is 885 g/mol. The third-order valence-electron chi connectivity index (χ3n) is 10.3. The highest BCUT2D eigenvalue weighted by Crippen LogP contribution is 2.13. The van der Waals surface area contributed by atoms with E-state index in [9.17, 15) is 14.4 Å². The average Bonchev–Trinajstić information content (AvgIpc) is 3.29. The van der Waals surface area contributed by atoms with Crippen LogP contribution in [0.25, 0.3) is 0 Å². The molecular formula is C58H92O6. The van der Waals surface area contributed by atoms with Crippen molar-refractivity contribution in [1.82, 2.24) is 0 Å². The molecule has 0 saturated heterocycles. The zero-order valence-electron chi connectivity index (χ0n) is 41.0. The van der Waals surface area contributed by atoms with Gasteiger partial charge < -0.3 is 14.2 Å². The fourth-order valence-electron chi connectivity index (χ4n) is 6.54. The van der Waals surface area contributed by atoms with Gasteiger partial charge in [-0.2, -0.15) is 0 Å². The van der Waals surface area contributed by atoms with Gasteiger partial charge in [-0.05, 0) is 96.3 Å². The molecule has 6 nitrogen and oxygen atoms in total. The van der Waals surface area contributed by atoms with Crippen molar-refractivity contribution in [2.24, 2.45) is 0 Å². The minimum atomic E-state index is -0.810. The van der Waals surface area contributed by atoms with E-state index in [-0.39, 0.29) is 31.1 Å². The molecule has 0 bridgehead atoms. The number of allylic oxidation sites excluding steroid dienone is 20. The van der Waals surface area contributed by atoms with Crippen LogP contribution in [0.15, 0.2) is 122 Å². The molecule has 0 heterocycles. The fraction of sp³-hybridized carbons (Fsp3) is 0.603. The summed E-state index contributed by atoms with van der Waals surface area (Å²) in [6.07, 6.45) is 70.3. The Bertz CT molecular complexity index is 1390. The van der Waals surface area contributed by atoms with Crippen molar-refractivity contribution in [3.8, 4) is 0 Å². The molecule has 0 spiro atoms. The normalized spacial score (nSPS) is 13.1. The number of ether oxygens (including phenoxy) is 3. The molecule has 0 aliphatic heterocycles. The van der Waals surface area contributed by atoms with Crippen molar-refractivity contribution in [2.75, 3.05) is 13.2 Å². The quantitative estimate of drug-likeness (QED) is 0.0199. The molecule has 0 aliphatic rings. The maximum Gasteiger partial charge on any atom is 0.306 e. The summed E-state index contributed by atoms with van der Waals surface area (Å²) < 4.78 is 16.7. The van der Waals surface area contributed by atoms with Gasteiger partial charge in [0.15, 0.2) is 6.10 Å². The van der Waals surface area contributed by atoms with Crippen LogP contribution in [0.5, 0.6) is 0 Å². The molecule has 0 aromatic carbocycles. The van der Waals surface area contributed by atoms with E-state index in [0.717, 1.165) is 116 Å². The highest BCUT2D eigenvalue weighted by molar-refractivity contribution is 5.71. The van der Waals surface area contributed by atoms with E-state index in [1.807, 2.05) is 60.8 Å². The standard InChI is InChI=1S/C58H92O6/c1-4-7-10-13-16-19-22-25-27-29-31-33-36-39-42-45-48-51-57(60)63-54-55(53-62-56(59)50-47-44-41-38-35-24-21-18-15-12-9-6-3)64-58(61)52-49-46-43-40-37-34-32-30-28-26-23-20-17-14-11-8-5-2/h7,9-10,12-13,16-22,25-29,31,33,36,55H,4-6,8,11,14-15,23-24,30,32,34-35,37-54H2,1-3H3/b10-7-,12-9-,16-13-,20-17-,21-18-,22-19-,27-25-,28-26-,31-29+,36-33-. The summed E-state index contributed by atoms with van der Waals surface area (Å²) in [6, 6.07) is 0. The Morgan fingerprint density at radius 2 is 0.688 bits per heavy atom. The second-order valence-corrected chi connectivity index (χ2v) is 16.5. The molecule has 6 heteroatoms. The molecular weight excluding hydrogens is 793 g/mol. The summed E-state index contributed by atoms with van der Waals surface area (Å²) in [6.45, 7) is 6.28. The van der Waals surface area contributed by atoms with Crippen LogP contribution in [0.1, 0.15) is 207 Å². The van der Waals surface area contributed by atoms with Crippen LogP contribution >= 0.6 is 0 Å². The number of carbonyl (C=O) groups is 3. The Morgan fingerprint density at radius 1 is 0.344 bits per heavy atom. The molecule has 0 aromatic heterocycles. The second kappa shape index (κ2) is 51.4. The Kier molecular flexibility index (Phi) is 48.1. The van der Waals surface area contributed by atoms with Gasteiger partial charge in [-0.15, -0.1) is 0 Å². The van der Waals surface area contributed by atoms with Crippen LogP contribution in [0.4, 0.5) is 0 Å². The van der Waals surface area contributed by atoms with Gasteiger partial charge >= 0.3 is 17.9 Å². The van der Waals surface area contributed by atoms with Gasteiger partial charge in [-0.25, -0.2) is 0 Å². The predicted octanol–water partition coefficient (Wildman–Crippen LogP) is 16.9. The third kappa shape index (κ3) is 48.8. The molecule has 1 atom stereocenters. The highest BCUT2D eigenvalue weighted by Gasteiger charge is 2.19. The van der Waals surface area contributed by atoms with Crippen molar-refractivity contribution in [2.45, 2.75) is 213 Å². The summed E-state index contributed by atoms with van der Waals surface area (Å²) in [5.41, 5.74) is 0. The molecule has 0 amide bonds. The smallest absolute Gasteiger partial charge is 0.306 e. The van der Waals surface area contributed by atoms with E-state index in [0.29, 0.717) is 19.3 Å². The molecule has 1 unspecified atom stereocenters. The molecule has 0 aliphatic carbocycles. The summed E-state index contributed by atoms with van der Waals surface area (Å²) in [5.74, 6) is -0.981. The lowest BCUT2D eigenvalue weighted by Gasteiger charge is -2.18.